The highest BCUT2D eigenvalue weighted by molar-refractivity contribution is 6.12. The Labute approximate surface area is 128 Å². The van der Waals surface area contributed by atoms with Gasteiger partial charge in [-0.15, -0.1) is 0 Å². The van der Waals surface area contributed by atoms with Crippen LogP contribution in [0.4, 0.5) is 0 Å². The number of nitriles is 1. The molecular formula is C16H17N3O3. The zero-order valence-electron chi connectivity index (χ0n) is 12.9. The fraction of sp³-hybridized carbons (Fsp3) is 0.250. The molecule has 22 heavy (non-hydrogen) atoms. The number of aromatic nitrogens is 1. The number of Topliss-reactive ketones (excluding diaryl/α,β-unsaturated/α-hetero) is 1. The average molecular weight is 299 g/mol. The molecule has 1 aromatic carbocycles. The summed E-state index contributed by atoms with van der Waals surface area (Å²) in [4.78, 5) is 17.1. The molecule has 0 fully saturated rings. The smallest absolute Gasteiger partial charge is 0.221 e. The van der Waals surface area contributed by atoms with E-state index in [9.17, 15) is 4.79 Å². The van der Waals surface area contributed by atoms with Gasteiger partial charge < -0.3 is 19.4 Å². The number of fused-ring (bicyclic) bond motifs is 1. The molecule has 0 spiro atoms. The Kier molecular flexibility index (Phi) is 4.37. The first kappa shape index (κ1) is 15.4. The highest BCUT2D eigenvalue weighted by atomic mass is 16.5. The third-order valence-electron chi connectivity index (χ3n) is 3.12. The maximum absolute atomic E-state index is 12.4. The lowest BCUT2D eigenvalue weighted by Gasteiger charge is -2.06. The number of nitrogens with one attached hydrogen (secondary N) is 1. The zero-order chi connectivity index (χ0) is 16.3. The topological polar surface area (TPSA) is 78.4 Å². The molecule has 1 heterocycles. The molecule has 1 N–H and O–H groups in total. The second-order valence-corrected chi connectivity index (χ2v) is 4.92. The van der Waals surface area contributed by atoms with E-state index in [1.807, 2.05) is 6.07 Å². The van der Waals surface area contributed by atoms with Crippen LogP contribution < -0.4 is 9.47 Å². The molecule has 2 aromatic rings. The maximum atomic E-state index is 12.4. The second kappa shape index (κ2) is 6.22. The number of hydrogen-bond donors (Lipinski definition) is 1. The summed E-state index contributed by atoms with van der Waals surface area (Å²) in [7, 11) is 6.61. The van der Waals surface area contributed by atoms with Gasteiger partial charge in [0.1, 0.15) is 11.6 Å². The summed E-state index contributed by atoms with van der Waals surface area (Å²) in [6.45, 7) is 0. The summed E-state index contributed by atoms with van der Waals surface area (Å²) in [6.07, 6.45) is 1.50. The molecule has 114 valence electrons. The Morgan fingerprint density at radius 3 is 2.41 bits per heavy atom. The number of hydrogen-bond acceptors (Lipinski definition) is 5. The molecule has 0 amide bonds. The number of benzene rings is 1. The van der Waals surface area contributed by atoms with Crippen LogP contribution in [-0.4, -0.2) is 44.0 Å². The van der Waals surface area contributed by atoms with Crippen molar-refractivity contribution in [1.82, 2.24) is 9.88 Å². The molecule has 6 heteroatoms. The van der Waals surface area contributed by atoms with Gasteiger partial charge in [0, 0.05) is 37.3 Å². The standard InChI is InChI=1S/C16H17N3O3/c1-19(2)9-11(8-17)16(20)13-5-10-6-14(21-3)15(22-4)7-12(10)18-13/h5-7,9,18H,1-4H3. The van der Waals surface area contributed by atoms with Crippen molar-refractivity contribution in [3.05, 3.63) is 35.7 Å². The van der Waals surface area contributed by atoms with Crippen LogP contribution in [0.1, 0.15) is 10.5 Å². The highest BCUT2D eigenvalue weighted by Crippen LogP contribution is 2.32. The Balaban J connectivity index is 2.50. The van der Waals surface area contributed by atoms with Gasteiger partial charge in [-0.05, 0) is 12.1 Å². The van der Waals surface area contributed by atoms with E-state index in [1.165, 1.54) is 6.20 Å². The average Bonchev–Trinajstić information content (AvgIpc) is 2.92. The zero-order valence-corrected chi connectivity index (χ0v) is 12.9. The summed E-state index contributed by atoms with van der Waals surface area (Å²) in [5.41, 5.74) is 1.15. The summed E-state index contributed by atoms with van der Waals surface area (Å²) in [5.74, 6) is 0.794. The van der Waals surface area contributed by atoms with Crippen molar-refractivity contribution in [1.29, 1.82) is 5.26 Å². The predicted octanol–water partition coefficient (Wildman–Crippen LogP) is 2.34. The van der Waals surface area contributed by atoms with Crippen molar-refractivity contribution in [3.63, 3.8) is 0 Å². The molecule has 0 aliphatic carbocycles. The Bertz CT molecular complexity index is 741. The van der Waals surface area contributed by atoms with E-state index >= 15 is 0 Å². The molecule has 0 atom stereocenters. The summed E-state index contributed by atoms with van der Waals surface area (Å²) < 4.78 is 10.5. The normalized spacial score (nSPS) is 11.1. The number of methoxy groups -OCH3 is 2. The van der Waals surface area contributed by atoms with Gasteiger partial charge in [-0.25, -0.2) is 0 Å². The number of nitrogens with zero attached hydrogens (tertiary/aromatic N) is 2. The largest absolute Gasteiger partial charge is 0.493 e. The van der Waals surface area contributed by atoms with Crippen LogP contribution in [0.15, 0.2) is 30.0 Å². The molecular weight excluding hydrogens is 282 g/mol. The highest BCUT2D eigenvalue weighted by Gasteiger charge is 2.16. The van der Waals surface area contributed by atoms with Crippen molar-refractivity contribution in [2.45, 2.75) is 0 Å². The SMILES string of the molecule is COc1cc2cc(C(=O)C(C#N)=CN(C)C)[nH]c2cc1OC. The van der Waals surface area contributed by atoms with E-state index in [4.69, 9.17) is 14.7 Å². The number of allylic oxidation sites excluding steroid dienone is 1. The van der Waals surface area contributed by atoms with Gasteiger partial charge in [0.15, 0.2) is 11.5 Å². The first-order valence-corrected chi connectivity index (χ1v) is 6.58. The first-order chi connectivity index (χ1) is 10.5. The quantitative estimate of drug-likeness (QED) is 0.521. The number of rotatable bonds is 5. The number of H-pyrrole nitrogens is 1. The minimum atomic E-state index is -0.356. The van der Waals surface area contributed by atoms with Crippen molar-refractivity contribution in [2.24, 2.45) is 0 Å². The van der Waals surface area contributed by atoms with Crippen LogP contribution in [0.25, 0.3) is 10.9 Å². The lowest BCUT2D eigenvalue weighted by molar-refractivity contribution is 0.103. The maximum Gasteiger partial charge on any atom is 0.221 e. The fourth-order valence-corrected chi connectivity index (χ4v) is 2.12. The van der Waals surface area contributed by atoms with Crippen LogP contribution in [-0.2, 0) is 0 Å². The molecule has 6 nitrogen and oxygen atoms in total. The molecule has 2 rings (SSSR count). The van der Waals surface area contributed by atoms with Gasteiger partial charge in [0.2, 0.25) is 5.78 Å². The van der Waals surface area contributed by atoms with Gasteiger partial charge >= 0.3 is 0 Å². The molecule has 0 saturated carbocycles. The van der Waals surface area contributed by atoms with E-state index in [-0.39, 0.29) is 11.4 Å². The van der Waals surface area contributed by atoms with E-state index < -0.39 is 0 Å². The van der Waals surface area contributed by atoms with Crippen molar-refractivity contribution in [3.8, 4) is 17.6 Å². The van der Waals surface area contributed by atoms with Crippen LogP contribution in [0.5, 0.6) is 11.5 Å². The van der Waals surface area contributed by atoms with Crippen LogP contribution in [0, 0.1) is 11.3 Å². The minimum Gasteiger partial charge on any atom is -0.493 e. The number of ketones is 1. The van der Waals surface area contributed by atoms with Crippen molar-refractivity contribution in [2.75, 3.05) is 28.3 Å². The van der Waals surface area contributed by atoms with Crippen molar-refractivity contribution < 1.29 is 14.3 Å². The van der Waals surface area contributed by atoms with E-state index in [1.54, 1.807) is 51.4 Å². The minimum absolute atomic E-state index is 0.0653. The number of ether oxygens (including phenoxy) is 2. The molecule has 0 unspecified atom stereocenters. The summed E-state index contributed by atoms with van der Waals surface area (Å²) in [6, 6.07) is 7.15. The molecule has 0 aliphatic heterocycles. The Morgan fingerprint density at radius 1 is 1.23 bits per heavy atom. The van der Waals surface area contributed by atoms with Gasteiger partial charge in [-0.1, -0.05) is 0 Å². The third-order valence-corrected chi connectivity index (χ3v) is 3.12. The first-order valence-electron chi connectivity index (χ1n) is 6.58. The van der Waals surface area contributed by atoms with E-state index in [2.05, 4.69) is 4.98 Å². The van der Waals surface area contributed by atoms with E-state index in [0.29, 0.717) is 17.2 Å². The predicted molar refractivity (Wildman–Crippen MR) is 83.1 cm³/mol. The summed E-state index contributed by atoms with van der Waals surface area (Å²) >= 11 is 0. The van der Waals surface area contributed by atoms with Gasteiger partial charge in [-0.3, -0.25) is 4.79 Å². The monoisotopic (exact) mass is 299 g/mol. The number of aromatic amines is 1. The third kappa shape index (κ3) is 2.88. The molecule has 0 saturated heterocycles. The lowest BCUT2D eigenvalue weighted by atomic mass is 10.1. The van der Waals surface area contributed by atoms with Crippen LogP contribution in [0.2, 0.25) is 0 Å². The van der Waals surface area contributed by atoms with Crippen molar-refractivity contribution >= 4 is 16.7 Å². The van der Waals surface area contributed by atoms with Gasteiger partial charge in [0.05, 0.1) is 19.9 Å². The summed E-state index contributed by atoms with van der Waals surface area (Å²) in [5, 5.41) is 9.93. The number of carbonyl (C=O) groups is 1. The molecule has 0 aliphatic rings. The molecule has 1 aromatic heterocycles. The Hall–Kier alpha value is -2.94. The Morgan fingerprint density at radius 2 is 1.86 bits per heavy atom. The van der Waals surface area contributed by atoms with Gasteiger partial charge in [-0.2, -0.15) is 5.26 Å². The molecule has 0 radical (unpaired) electrons. The van der Waals surface area contributed by atoms with E-state index in [0.717, 1.165) is 10.9 Å². The van der Waals surface area contributed by atoms with Crippen LogP contribution >= 0.6 is 0 Å². The van der Waals surface area contributed by atoms with Crippen LogP contribution in [0.3, 0.4) is 0 Å². The fourth-order valence-electron chi connectivity index (χ4n) is 2.12. The number of carbonyl (C=O) groups excluding carboxylic acids is 1. The lowest BCUT2D eigenvalue weighted by Crippen LogP contribution is -2.09. The van der Waals surface area contributed by atoms with Gasteiger partial charge in [0.25, 0.3) is 0 Å². The molecule has 0 bridgehead atoms. The second-order valence-electron chi connectivity index (χ2n) is 4.92.